The molecule has 0 atom stereocenters. The second kappa shape index (κ2) is 25.8. The lowest BCUT2D eigenvalue weighted by atomic mass is 10.1. The molecule has 0 bridgehead atoms. The molecule has 2 aliphatic rings. The van der Waals surface area contributed by atoms with Crippen LogP contribution in [-0.4, -0.2) is 88.5 Å². The number of nitrogens with two attached hydrogens (primary N) is 1. The van der Waals surface area contributed by atoms with Crippen LogP contribution in [0.1, 0.15) is 71.5 Å². The fourth-order valence-electron chi connectivity index (χ4n) is 7.66. The molecule has 2 N–H and O–H groups in total. The number of ketones is 1. The van der Waals surface area contributed by atoms with E-state index in [9.17, 15) is 9.59 Å². The Hall–Kier alpha value is -9.16. The third-order valence-electron chi connectivity index (χ3n) is 11.3. The van der Waals surface area contributed by atoms with Crippen LogP contribution >= 0.6 is 0 Å². The summed E-state index contributed by atoms with van der Waals surface area (Å²) in [5.74, 6) is 3.30. The average molecular weight is 990 g/mol. The highest BCUT2D eigenvalue weighted by molar-refractivity contribution is 5.80. The minimum absolute atomic E-state index is 0.109. The van der Waals surface area contributed by atoms with Crippen LogP contribution < -0.4 is 25.0 Å². The van der Waals surface area contributed by atoms with Crippen LogP contribution in [-0.2, 0) is 40.5 Å². The largest absolute Gasteiger partial charge is 0.486 e. The van der Waals surface area contributed by atoms with E-state index in [-0.39, 0.29) is 19.0 Å². The number of Topliss-reactive ketones (excluding diaryl/α,β-unsaturated/α-hetero) is 1. The molecule has 18 nitrogen and oxygen atoms in total. The maximum atomic E-state index is 11.8. The first-order valence-corrected chi connectivity index (χ1v) is 24.0. The summed E-state index contributed by atoms with van der Waals surface area (Å²) in [4.78, 5) is 71.9. The number of carbonyl (C=O) groups is 2. The van der Waals surface area contributed by atoms with Crippen LogP contribution in [0.15, 0.2) is 135 Å². The number of anilines is 2. The van der Waals surface area contributed by atoms with Crippen molar-refractivity contribution < 1.29 is 23.8 Å². The number of aromatic nitrogens is 10. The van der Waals surface area contributed by atoms with Crippen molar-refractivity contribution in [2.24, 2.45) is 5.73 Å². The molecule has 8 heterocycles. The molecule has 0 radical (unpaired) electrons. The van der Waals surface area contributed by atoms with E-state index in [1.807, 2.05) is 117 Å². The van der Waals surface area contributed by atoms with E-state index in [4.69, 9.17) is 25.2 Å². The number of nitrogens with zero attached hydrogens (tertiary/aromatic N) is 12. The van der Waals surface area contributed by atoms with E-state index in [2.05, 4.69) is 54.4 Å². The summed E-state index contributed by atoms with van der Waals surface area (Å²) in [6.07, 6.45) is 23.1. The van der Waals surface area contributed by atoms with Gasteiger partial charge >= 0.3 is 5.97 Å². The third kappa shape index (κ3) is 14.3. The smallest absolute Gasteiger partial charge is 0.343 e. The van der Waals surface area contributed by atoms with Gasteiger partial charge in [-0.15, -0.1) is 0 Å². The van der Waals surface area contributed by atoms with Crippen LogP contribution in [0.3, 0.4) is 0 Å². The summed E-state index contributed by atoms with van der Waals surface area (Å²) < 4.78 is 15.8. The Morgan fingerprint density at radius 3 is 1.45 bits per heavy atom. The molecule has 18 heteroatoms. The van der Waals surface area contributed by atoms with Gasteiger partial charge in [0, 0.05) is 82.2 Å². The summed E-state index contributed by atoms with van der Waals surface area (Å²) in [5, 5.41) is 0. The number of esters is 1. The molecule has 8 aromatic rings. The molecule has 2 aromatic carbocycles. The van der Waals surface area contributed by atoms with Gasteiger partial charge in [-0.1, -0.05) is 38.1 Å². The lowest BCUT2D eigenvalue weighted by Crippen LogP contribution is -2.17. The summed E-state index contributed by atoms with van der Waals surface area (Å²) in [6.45, 7) is 7.29. The molecular weight excluding hydrogens is 935 g/mol. The number of hydrogen-bond acceptors (Lipinski definition) is 18. The molecule has 0 fully saturated rings. The van der Waals surface area contributed by atoms with E-state index in [1.54, 1.807) is 55.6 Å². The molecule has 0 saturated heterocycles. The van der Waals surface area contributed by atoms with Crippen molar-refractivity contribution >= 4 is 48.0 Å². The number of hydrogen-bond donors (Lipinski definition) is 1. The molecule has 0 aliphatic carbocycles. The normalized spacial score (nSPS) is 12.3. The van der Waals surface area contributed by atoms with Crippen LogP contribution in [0.25, 0.3) is 47.3 Å². The summed E-state index contributed by atoms with van der Waals surface area (Å²) in [5.41, 5.74) is 14.4. The predicted octanol–water partition coefficient (Wildman–Crippen LogP) is 8.30. The van der Waals surface area contributed by atoms with E-state index in [0.29, 0.717) is 79.0 Å². The van der Waals surface area contributed by atoms with E-state index in [1.165, 1.54) is 12.7 Å². The quantitative estimate of drug-likeness (QED) is 0.0899. The van der Waals surface area contributed by atoms with Gasteiger partial charge in [-0.05, 0) is 131 Å². The van der Waals surface area contributed by atoms with Crippen molar-refractivity contribution in [3.63, 3.8) is 0 Å². The fraction of sp³-hybridized carbons (Fsp3) is 0.214. The molecule has 0 unspecified atom stereocenters. The van der Waals surface area contributed by atoms with Crippen molar-refractivity contribution in [1.29, 1.82) is 0 Å². The van der Waals surface area contributed by atoms with Crippen LogP contribution in [0, 0.1) is 0 Å². The SMILES string of the molecule is CCCC(=O)COc1ccc2c(c1)CN(c1nccc(-c3nccc(/C=C/c4ccncc4)n3)n1)C2.CCN.COC(=O)COc1ccc2c(c1)CN(c1nccc(-c3nccc(/C=C/c4ccncc4)n3)n1)C2. The van der Waals surface area contributed by atoms with Crippen LogP contribution in [0.2, 0.25) is 0 Å². The zero-order chi connectivity index (χ0) is 51.5. The first kappa shape index (κ1) is 51.2. The number of pyridine rings is 2. The van der Waals surface area contributed by atoms with Crippen molar-refractivity contribution in [2.75, 3.05) is 36.7 Å². The minimum atomic E-state index is -0.420. The molecule has 0 amide bonds. The number of carbonyl (C=O) groups excluding carboxylic acids is 2. The zero-order valence-electron chi connectivity index (χ0n) is 41.4. The van der Waals surface area contributed by atoms with E-state index >= 15 is 0 Å². The van der Waals surface area contributed by atoms with Gasteiger partial charge in [0.05, 0.1) is 18.5 Å². The van der Waals surface area contributed by atoms with E-state index < -0.39 is 5.97 Å². The number of methoxy groups -OCH3 is 1. The summed E-state index contributed by atoms with van der Waals surface area (Å²) >= 11 is 0. The minimum Gasteiger partial charge on any atom is -0.486 e. The Balaban J connectivity index is 0.000000187. The van der Waals surface area contributed by atoms with E-state index in [0.717, 1.165) is 52.2 Å². The van der Waals surface area contributed by atoms with Gasteiger partial charge in [-0.2, -0.15) is 0 Å². The standard InChI is InChI=1S/C28H26N6O2.C26H22N6O3.C2H7N/c1-2-3-24(35)19-36-25-7-5-21-17-34(18-22(21)16-25)28-31-15-11-26(33-28)27-30-14-10-23(32-27)6-4-20-8-12-29-13-9-20;1-34-24(33)17-35-22-5-3-19-15-32(16-20(19)14-22)26-29-13-9-23(31-26)25-28-12-8-21(30-25)4-2-18-6-10-27-11-7-18;1-2-3/h4-16H,2-3,17-19H2,1H3;2-14H,15-17H2,1H3;2-3H2,1H3/b6-4+;4-2+;. The van der Waals surface area contributed by atoms with Crippen molar-refractivity contribution in [1.82, 2.24) is 49.8 Å². The van der Waals surface area contributed by atoms with Gasteiger partial charge in [0.2, 0.25) is 11.9 Å². The Labute approximate surface area is 429 Å². The number of ether oxygens (including phenoxy) is 3. The van der Waals surface area contributed by atoms with Gasteiger partial charge in [0.25, 0.3) is 0 Å². The monoisotopic (exact) mass is 989 g/mol. The Kier molecular flexibility index (Phi) is 17.9. The van der Waals surface area contributed by atoms with Gasteiger partial charge in [0.1, 0.15) is 29.5 Å². The molecule has 74 heavy (non-hydrogen) atoms. The molecular formula is C56H55N13O5. The molecule has 0 spiro atoms. The second-order valence-electron chi connectivity index (χ2n) is 16.7. The second-order valence-corrected chi connectivity index (χ2v) is 16.7. The molecule has 0 saturated carbocycles. The van der Waals surface area contributed by atoms with Crippen molar-refractivity contribution in [2.45, 2.75) is 52.9 Å². The molecule has 10 rings (SSSR count). The number of fused-ring (bicyclic) bond motifs is 2. The molecule has 6 aromatic heterocycles. The van der Waals surface area contributed by atoms with Crippen LogP contribution in [0.5, 0.6) is 11.5 Å². The highest BCUT2D eigenvalue weighted by Gasteiger charge is 2.24. The Morgan fingerprint density at radius 2 is 0.986 bits per heavy atom. The highest BCUT2D eigenvalue weighted by atomic mass is 16.6. The van der Waals surface area contributed by atoms with Crippen molar-refractivity contribution in [3.05, 3.63) is 179 Å². The zero-order valence-corrected chi connectivity index (χ0v) is 41.4. The van der Waals surface area contributed by atoms with Crippen LogP contribution in [0.4, 0.5) is 11.9 Å². The maximum absolute atomic E-state index is 11.8. The summed E-state index contributed by atoms with van der Waals surface area (Å²) in [7, 11) is 1.33. The third-order valence-corrected chi connectivity index (χ3v) is 11.3. The van der Waals surface area contributed by atoms with Gasteiger partial charge in [-0.25, -0.2) is 44.7 Å². The summed E-state index contributed by atoms with van der Waals surface area (Å²) in [6, 6.07) is 26.8. The first-order valence-electron chi connectivity index (χ1n) is 24.0. The Bertz CT molecular complexity index is 3210. The van der Waals surface area contributed by atoms with Gasteiger partial charge in [0.15, 0.2) is 24.0 Å². The lowest BCUT2D eigenvalue weighted by Gasteiger charge is -2.15. The predicted molar refractivity (Wildman–Crippen MR) is 283 cm³/mol. The lowest BCUT2D eigenvalue weighted by molar-refractivity contribution is -0.142. The topological polar surface area (TPSA) is 223 Å². The molecule has 2 aliphatic heterocycles. The highest BCUT2D eigenvalue weighted by Crippen LogP contribution is 2.31. The molecule has 374 valence electrons. The number of rotatable bonds is 16. The average Bonchev–Trinajstić information content (AvgIpc) is 4.09. The first-order chi connectivity index (χ1) is 36.3. The van der Waals surface area contributed by atoms with Gasteiger partial charge in [-0.3, -0.25) is 14.8 Å². The van der Waals surface area contributed by atoms with Gasteiger partial charge < -0.3 is 29.7 Å². The Morgan fingerprint density at radius 1 is 0.541 bits per heavy atom. The fourth-order valence-corrected chi connectivity index (χ4v) is 7.66. The van der Waals surface area contributed by atoms with Crippen molar-refractivity contribution in [3.8, 4) is 34.5 Å². The number of benzene rings is 2. The maximum Gasteiger partial charge on any atom is 0.343 e.